The Morgan fingerprint density at radius 2 is 1.12 bits per heavy atom. The van der Waals surface area contributed by atoms with Crippen LogP contribution in [0.4, 0.5) is 28.8 Å². The van der Waals surface area contributed by atoms with E-state index in [0.717, 1.165) is 29.4 Å². The molecule has 12 nitrogen and oxygen atoms in total. The molecule has 0 radical (unpaired) electrons. The van der Waals surface area contributed by atoms with Crippen LogP contribution in [0.15, 0.2) is 0 Å². The highest BCUT2D eigenvalue weighted by atomic mass is 16.3. The van der Waals surface area contributed by atoms with Crippen molar-refractivity contribution < 1.29 is 28.8 Å². The maximum atomic E-state index is 12.5. The summed E-state index contributed by atoms with van der Waals surface area (Å²) in [5, 5.41) is 0. The number of hydrogen-bond donors (Lipinski definition) is 0. The first-order valence-corrected chi connectivity index (χ1v) is 7.44. The van der Waals surface area contributed by atoms with Gasteiger partial charge in [-0.3, -0.25) is 0 Å². The van der Waals surface area contributed by atoms with Crippen LogP contribution in [0, 0.1) is 0 Å². The molecular weight excluding hydrogens is 324 g/mol. The summed E-state index contributed by atoms with van der Waals surface area (Å²) in [4.78, 5) is 78.5. The zero-order valence-corrected chi connectivity index (χ0v) is 12.1. The number of hydrogen-bond acceptors (Lipinski definition) is 6. The zero-order valence-electron chi connectivity index (χ0n) is 12.1. The molecule has 122 valence electrons. The SMILES string of the molecule is CCCC1N2C(=O)N3C(=O)N(C2=O)C13C12N3C(=O)N1C(=O)N2C3=O. The smallest absolute Gasteiger partial charge is 0.247 e. The molecule has 12 amide bonds. The summed E-state index contributed by atoms with van der Waals surface area (Å²) < 4.78 is 0. The number of fused-ring (bicyclic) bond motifs is 1. The van der Waals surface area contributed by atoms with Crippen LogP contribution in [-0.4, -0.2) is 83.1 Å². The van der Waals surface area contributed by atoms with Crippen molar-refractivity contribution in [2.45, 2.75) is 37.3 Å². The topological polar surface area (TPSA) is 122 Å². The first-order chi connectivity index (χ1) is 11.4. The molecule has 6 heterocycles. The summed E-state index contributed by atoms with van der Waals surface area (Å²) in [5.74, 6) is -1.57. The molecule has 6 aliphatic heterocycles. The van der Waals surface area contributed by atoms with Crippen molar-refractivity contribution in [3.05, 3.63) is 0 Å². The van der Waals surface area contributed by atoms with E-state index in [4.69, 9.17) is 0 Å². The van der Waals surface area contributed by atoms with Crippen molar-refractivity contribution in [2.75, 3.05) is 0 Å². The number of carbonyl (C=O) groups is 6. The number of carbonyl (C=O) groups excluding carboxylic acids is 6. The van der Waals surface area contributed by atoms with Gasteiger partial charge in [-0.05, 0) is 6.42 Å². The maximum absolute atomic E-state index is 12.5. The highest BCUT2D eigenvalue weighted by Crippen LogP contribution is 2.70. The van der Waals surface area contributed by atoms with Crippen molar-refractivity contribution >= 4 is 36.2 Å². The number of rotatable bonds is 3. The van der Waals surface area contributed by atoms with Gasteiger partial charge in [0.05, 0.1) is 6.04 Å². The Balaban J connectivity index is 1.61. The molecule has 0 spiro atoms. The summed E-state index contributed by atoms with van der Waals surface area (Å²) >= 11 is 0. The van der Waals surface area contributed by atoms with Gasteiger partial charge in [0, 0.05) is 0 Å². The standard InChI is InChI=1S/C12H8N6O6/c1-2-3-4-11(14-5(19)13(4)6(20)15(11)7(14)21)12-16-8(22)17(12)10(24)18(12)9(16)23/h4H,2-3H2,1H3. The molecule has 6 fully saturated rings. The molecule has 0 N–H and O–H groups in total. The predicted octanol–water partition coefficient (Wildman–Crippen LogP) is 0.119. The van der Waals surface area contributed by atoms with Gasteiger partial charge < -0.3 is 0 Å². The molecule has 6 aliphatic rings. The predicted molar refractivity (Wildman–Crippen MR) is 67.6 cm³/mol. The Morgan fingerprint density at radius 3 is 1.54 bits per heavy atom. The van der Waals surface area contributed by atoms with Crippen LogP contribution >= 0.6 is 0 Å². The lowest BCUT2D eigenvalue weighted by molar-refractivity contribution is -0.321. The molecular formula is C12H8N6O6. The third-order valence-corrected chi connectivity index (χ3v) is 5.77. The Hall–Kier alpha value is -3.18. The second kappa shape index (κ2) is 2.83. The van der Waals surface area contributed by atoms with Crippen LogP contribution in [0.25, 0.3) is 0 Å². The fourth-order valence-electron chi connectivity index (χ4n) is 5.08. The Bertz CT molecular complexity index is 787. The van der Waals surface area contributed by atoms with Crippen molar-refractivity contribution in [2.24, 2.45) is 0 Å². The van der Waals surface area contributed by atoms with Gasteiger partial charge in [0.2, 0.25) is 5.66 Å². The van der Waals surface area contributed by atoms with Crippen molar-refractivity contribution in [1.29, 1.82) is 0 Å². The third-order valence-electron chi connectivity index (χ3n) is 5.77. The van der Waals surface area contributed by atoms with Gasteiger partial charge in [-0.15, -0.1) is 0 Å². The molecule has 2 bridgehead atoms. The average molecular weight is 332 g/mol. The summed E-state index contributed by atoms with van der Waals surface area (Å²) in [6.07, 6.45) is 0.983. The largest absolute Gasteiger partial charge is 0.343 e. The van der Waals surface area contributed by atoms with E-state index in [-0.39, 0.29) is 0 Å². The fraction of sp³-hybridized carbons (Fsp3) is 0.500. The maximum Gasteiger partial charge on any atom is 0.343 e. The molecule has 0 aromatic carbocycles. The zero-order chi connectivity index (χ0) is 16.9. The van der Waals surface area contributed by atoms with E-state index in [1.54, 1.807) is 0 Å². The minimum Gasteiger partial charge on any atom is -0.247 e. The van der Waals surface area contributed by atoms with Crippen LogP contribution < -0.4 is 0 Å². The van der Waals surface area contributed by atoms with Crippen molar-refractivity contribution in [3.63, 3.8) is 0 Å². The molecule has 6 rings (SSSR count). The Kier molecular flexibility index (Phi) is 1.45. The lowest BCUT2D eigenvalue weighted by Gasteiger charge is -2.81. The van der Waals surface area contributed by atoms with Crippen molar-refractivity contribution in [3.8, 4) is 0 Å². The molecule has 24 heavy (non-hydrogen) atoms. The van der Waals surface area contributed by atoms with E-state index in [0.29, 0.717) is 12.8 Å². The number of amides is 12. The van der Waals surface area contributed by atoms with Gasteiger partial charge in [0.15, 0.2) is 0 Å². The summed E-state index contributed by atoms with van der Waals surface area (Å²) in [7, 11) is 0. The molecule has 0 aromatic rings. The van der Waals surface area contributed by atoms with Crippen LogP contribution in [0.3, 0.4) is 0 Å². The van der Waals surface area contributed by atoms with Gasteiger partial charge >= 0.3 is 36.2 Å². The summed E-state index contributed by atoms with van der Waals surface area (Å²) in [6.45, 7) is 1.85. The minimum absolute atomic E-state index is 0.381. The highest BCUT2D eigenvalue weighted by Gasteiger charge is 3.03. The van der Waals surface area contributed by atoms with Gasteiger partial charge in [-0.25, -0.2) is 43.5 Å². The lowest BCUT2D eigenvalue weighted by atomic mass is 9.74. The van der Waals surface area contributed by atoms with Crippen LogP contribution in [0.2, 0.25) is 0 Å². The minimum atomic E-state index is -1.57. The van der Waals surface area contributed by atoms with E-state index in [9.17, 15) is 28.8 Å². The second-order valence-electron chi connectivity index (χ2n) is 6.41. The van der Waals surface area contributed by atoms with E-state index >= 15 is 0 Å². The average Bonchev–Trinajstić information content (AvgIpc) is 2.81. The van der Waals surface area contributed by atoms with Crippen molar-refractivity contribution in [1.82, 2.24) is 29.4 Å². The highest BCUT2D eigenvalue weighted by molar-refractivity contribution is 6.29. The van der Waals surface area contributed by atoms with E-state index in [1.807, 2.05) is 6.92 Å². The summed E-state index contributed by atoms with van der Waals surface area (Å²) in [6, 6.07) is -5.43. The number of nitrogens with zero attached hydrogens (tertiary/aromatic N) is 6. The van der Waals surface area contributed by atoms with Gasteiger partial charge in [-0.2, -0.15) is 14.7 Å². The van der Waals surface area contributed by atoms with E-state index < -0.39 is 53.7 Å². The molecule has 0 aromatic heterocycles. The van der Waals surface area contributed by atoms with Crippen LogP contribution in [-0.2, 0) is 0 Å². The Morgan fingerprint density at radius 1 is 0.708 bits per heavy atom. The quantitative estimate of drug-likeness (QED) is 0.723. The van der Waals surface area contributed by atoms with Gasteiger partial charge in [-0.1, -0.05) is 13.3 Å². The second-order valence-corrected chi connectivity index (χ2v) is 6.41. The molecule has 0 saturated carbocycles. The van der Waals surface area contributed by atoms with E-state index in [2.05, 4.69) is 0 Å². The molecule has 1 atom stereocenters. The molecule has 0 aliphatic carbocycles. The number of urea groups is 6. The normalized spacial score (nSPS) is 36.1. The lowest BCUT2D eigenvalue weighted by Crippen LogP contribution is -3.14. The fourth-order valence-corrected chi connectivity index (χ4v) is 5.08. The van der Waals surface area contributed by atoms with Crippen LogP contribution in [0.5, 0.6) is 0 Å². The first-order valence-electron chi connectivity index (χ1n) is 7.44. The Labute approximate surface area is 132 Å². The van der Waals surface area contributed by atoms with Crippen LogP contribution in [0.1, 0.15) is 19.8 Å². The molecule has 6 saturated heterocycles. The molecule has 12 heteroatoms. The monoisotopic (exact) mass is 332 g/mol. The first kappa shape index (κ1) is 12.3. The van der Waals surface area contributed by atoms with E-state index in [1.165, 1.54) is 0 Å². The van der Waals surface area contributed by atoms with Gasteiger partial charge in [0.25, 0.3) is 5.79 Å². The summed E-state index contributed by atoms with van der Waals surface area (Å²) in [5.41, 5.74) is -1.54. The van der Waals surface area contributed by atoms with Gasteiger partial charge in [0.1, 0.15) is 0 Å². The number of imide groups is 6. The molecule has 1 unspecified atom stereocenters. The third kappa shape index (κ3) is 0.638.